The minimum atomic E-state index is -0.447. The van der Waals surface area contributed by atoms with E-state index in [0.29, 0.717) is 31.2 Å². The lowest BCUT2D eigenvalue weighted by Crippen LogP contribution is -2.27. The average Bonchev–Trinajstić information content (AvgIpc) is 2.87. The Morgan fingerprint density at radius 3 is 2.90 bits per heavy atom. The number of carbonyl (C=O) groups excluding carboxylic acids is 1. The molecule has 0 unspecified atom stereocenters. The van der Waals surface area contributed by atoms with Crippen LogP contribution in [-0.2, 0) is 6.42 Å². The van der Waals surface area contributed by atoms with Gasteiger partial charge in [-0.05, 0) is 26.0 Å². The summed E-state index contributed by atoms with van der Waals surface area (Å²) >= 11 is 0. The van der Waals surface area contributed by atoms with E-state index in [2.05, 4.69) is 20.8 Å². The van der Waals surface area contributed by atoms with Crippen LogP contribution in [0.3, 0.4) is 0 Å². The number of nitrogens with one attached hydrogen (secondary N) is 2. The van der Waals surface area contributed by atoms with Gasteiger partial charge in [-0.25, -0.2) is 4.39 Å². The Morgan fingerprint density at radius 1 is 1.43 bits per heavy atom. The number of benzene rings is 1. The number of hydrogen-bond donors (Lipinski definition) is 2. The molecule has 1 aromatic heterocycles. The Balaban J connectivity index is 1.98. The molecule has 2 N–H and O–H groups in total. The van der Waals surface area contributed by atoms with Crippen LogP contribution < -0.4 is 10.6 Å². The predicted molar refractivity (Wildman–Crippen MR) is 75.6 cm³/mol. The SMILES string of the molecule is CCNc1c(F)cccc1C(=O)NCCc1nc(C)no1. The molecule has 0 aliphatic heterocycles. The first-order valence-electron chi connectivity index (χ1n) is 6.71. The summed E-state index contributed by atoms with van der Waals surface area (Å²) in [7, 11) is 0. The fraction of sp³-hybridized carbons (Fsp3) is 0.357. The van der Waals surface area contributed by atoms with Crippen molar-refractivity contribution in [1.82, 2.24) is 15.5 Å². The molecule has 7 heteroatoms. The highest BCUT2D eigenvalue weighted by Crippen LogP contribution is 2.19. The summed E-state index contributed by atoms with van der Waals surface area (Å²) in [6.07, 6.45) is 0.429. The summed E-state index contributed by atoms with van der Waals surface area (Å²) < 4.78 is 18.7. The van der Waals surface area contributed by atoms with Crippen molar-refractivity contribution >= 4 is 11.6 Å². The molecular weight excluding hydrogens is 275 g/mol. The zero-order valence-corrected chi connectivity index (χ0v) is 11.9. The van der Waals surface area contributed by atoms with Gasteiger partial charge in [-0.2, -0.15) is 4.98 Å². The van der Waals surface area contributed by atoms with E-state index >= 15 is 0 Å². The highest BCUT2D eigenvalue weighted by Gasteiger charge is 2.14. The molecule has 2 aromatic rings. The Labute approximate surface area is 121 Å². The molecule has 1 aromatic carbocycles. The molecule has 0 fully saturated rings. The summed E-state index contributed by atoms with van der Waals surface area (Å²) in [5.41, 5.74) is 0.490. The van der Waals surface area contributed by atoms with Crippen LogP contribution in [0.15, 0.2) is 22.7 Å². The molecular formula is C14H17FN4O2. The minimum absolute atomic E-state index is 0.214. The zero-order valence-electron chi connectivity index (χ0n) is 11.9. The average molecular weight is 292 g/mol. The normalized spacial score (nSPS) is 10.4. The first-order chi connectivity index (χ1) is 10.1. The second-order valence-electron chi connectivity index (χ2n) is 4.43. The predicted octanol–water partition coefficient (Wildman–Crippen LogP) is 1.92. The summed E-state index contributed by atoms with van der Waals surface area (Å²) in [5.74, 6) is 0.216. The van der Waals surface area contributed by atoms with Gasteiger partial charge in [-0.1, -0.05) is 11.2 Å². The lowest BCUT2D eigenvalue weighted by molar-refractivity contribution is 0.0954. The van der Waals surface area contributed by atoms with Crippen LogP contribution in [0.25, 0.3) is 0 Å². The Kier molecular flexibility index (Phi) is 4.86. The first-order valence-corrected chi connectivity index (χ1v) is 6.71. The molecule has 0 saturated carbocycles. The van der Waals surface area contributed by atoms with Crippen LogP contribution >= 0.6 is 0 Å². The van der Waals surface area contributed by atoms with E-state index in [0.717, 1.165) is 0 Å². The number of para-hydroxylation sites is 1. The van der Waals surface area contributed by atoms with Gasteiger partial charge in [0.05, 0.1) is 11.3 Å². The van der Waals surface area contributed by atoms with Crippen molar-refractivity contribution in [1.29, 1.82) is 0 Å². The van der Waals surface area contributed by atoms with E-state index < -0.39 is 5.82 Å². The van der Waals surface area contributed by atoms with Crippen molar-refractivity contribution in [3.05, 3.63) is 41.3 Å². The van der Waals surface area contributed by atoms with Gasteiger partial charge in [0.15, 0.2) is 5.82 Å². The fourth-order valence-corrected chi connectivity index (χ4v) is 1.89. The highest BCUT2D eigenvalue weighted by atomic mass is 19.1. The molecule has 0 bridgehead atoms. The van der Waals surface area contributed by atoms with Gasteiger partial charge in [0.1, 0.15) is 5.82 Å². The summed E-state index contributed by atoms with van der Waals surface area (Å²) in [4.78, 5) is 16.1. The number of halogens is 1. The second-order valence-corrected chi connectivity index (χ2v) is 4.43. The zero-order chi connectivity index (χ0) is 15.2. The van der Waals surface area contributed by atoms with Crippen LogP contribution in [0.5, 0.6) is 0 Å². The summed E-state index contributed by atoms with van der Waals surface area (Å²) in [6, 6.07) is 4.40. The van der Waals surface area contributed by atoms with Gasteiger partial charge in [-0.15, -0.1) is 0 Å². The number of anilines is 1. The molecule has 6 nitrogen and oxygen atoms in total. The number of aromatic nitrogens is 2. The maximum Gasteiger partial charge on any atom is 0.253 e. The maximum absolute atomic E-state index is 13.7. The molecule has 112 valence electrons. The second kappa shape index (κ2) is 6.83. The summed E-state index contributed by atoms with van der Waals surface area (Å²) in [5, 5.41) is 9.23. The first kappa shape index (κ1) is 15.0. The molecule has 21 heavy (non-hydrogen) atoms. The van der Waals surface area contributed by atoms with Crippen molar-refractivity contribution in [3.8, 4) is 0 Å². The van der Waals surface area contributed by atoms with E-state index in [4.69, 9.17) is 4.52 Å². The lowest BCUT2D eigenvalue weighted by atomic mass is 10.1. The number of aryl methyl sites for hydroxylation is 1. The minimum Gasteiger partial charge on any atom is -0.382 e. The molecule has 0 saturated heterocycles. The molecule has 2 rings (SSSR count). The van der Waals surface area contributed by atoms with Crippen molar-refractivity contribution in [2.75, 3.05) is 18.4 Å². The Morgan fingerprint density at radius 2 is 2.24 bits per heavy atom. The number of nitrogens with zero attached hydrogens (tertiary/aromatic N) is 2. The Bertz CT molecular complexity index is 627. The third-order valence-corrected chi connectivity index (χ3v) is 2.81. The fourth-order valence-electron chi connectivity index (χ4n) is 1.89. The van der Waals surface area contributed by atoms with Gasteiger partial charge < -0.3 is 15.2 Å². The number of hydrogen-bond acceptors (Lipinski definition) is 5. The largest absolute Gasteiger partial charge is 0.382 e. The Hall–Kier alpha value is -2.44. The highest BCUT2D eigenvalue weighted by molar-refractivity contribution is 5.99. The standard InChI is InChI=1S/C14H17FN4O2/c1-3-16-13-10(5-4-6-11(13)15)14(20)17-8-7-12-18-9(2)19-21-12/h4-6,16H,3,7-8H2,1-2H3,(H,17,20). The van der Waals surface area contributed by atoms with Crippen molar-refractivity contribution in [2.24, 2.45) is 0 Å². The van der Waals surface area contributed by atoms with E-state index in [1.54, 1.807) is 13.0 Å². The molecule has 0 spiro atoms. The molecule has 1 heterocycles. The van der Waals surface area contributed by atoms with Crippen LogP contribution in [0, 0.1) is 12.7 Å². The number of amides is 1. The summed E-state index contributed by atoms with van der Waals surface area (Å²) in [6.45, 7) is 4.43. The van der Waals surface area contributed by atoms with Gasteiger partial charge in [0, 0.05) is 19.5 Å². The van der Waals surface area contributed by atoms with E-state index in [1.807, 2.05) is 6.92 Å². The quantitative estimate of drug-likeness (QED) is 0.850. The molecule has 0 aliphatic carbocycles. The number of rotatable bonds is 6. The molecule has 1 amide bonds. The van der Waals surface area contributed by atoms with E-state index in [1.165, 1.54) is 12.1 Å². The van der Waals surface area contributed by atoms with Crippen molar-refractivity contribution in [2.45, 2.75) is 20.3 Å². The maximum atomic E-state index is 13.7. The van der Waals surface area contributed by atoms with Gasteiger partial charge in [0.2, 0.25) is 5.89 Å². The van der Waals surface area contributed by atoms with Crippen molar-refractivity contribution < 1.29 is 13.7 Å². The van der Waals surface area contributed by atoms with Crippen LogP contribution in [0.4, 0.5) is 10.1 Å². The van der Waals surface area contributed by atoms with Gasteiger partial charge in [-0.3, -0.25) is 4.79 Å². The lowest BCUT2D eigenvalue weighted by Gasteiger charge is -2.11. The van der Waals surface area contributed by atoms with Gasteiger partial charge >= 0.3 is 0 Å². The van der Waals surface area contributed by atoms with Gasteiger partial charge in [0.25, 0.3) is 5.91 Å². The van der Waals surface area contributed by atoms with Crippen molar-refractivity contribution in [3.63, 3.8) is 0 Å². The third-order valence-electron chi connectivity index (χ3n) is 2.81. The van der Waals surface area contributed by atoms with E-state index in [-0.39, 0.29) is 17.2 Å². The van der Waals surface area contributed by atoms with Crippen LogP contribution in [0.1, 0.15) is 29.0 Å². The molecule has 0 atom stereocenters. The third kappa shape index (κ3) is 3.77. The number of carbonyl (C=O) groups is 1. The molecule has 0 aliphatic rings. The molecule has 0 radical (unpaired) electrons. The van der Waals surface area contributed by atoms with Crippen LogP contribution in [-0.4, -0.2) is 29.1 Å². The smallest absolute Gasteiger partial charge is 0.253 e. The topological polar surface area (TPSA) is 80.0 Å². The monoisotopic (exact) mass is 292 g/mol. The van der Waals surface area contributed by atoms with E-state index in [9.17, 15) is 9.18 Å². The van der Waals surface area contributed by atoms with Crippen LogP contribution in [0.2, 0.25) is 0 Å².